The Labute approximate surface area is 71.2 Å². The van der Waals surface area contributed by atoms with Crippen LogP contribution in [0, 0.1) is 0 Å². The van der Waals surface area contributed by atoms with Gasteiger partial charge < -0.3 is 0 Å². The van der Waals surface area contributed by atoms with Crippen LogP contribution in [0.15, 0.2) is 0 Å². The van der Waals surface area contributed by atoms with Crippen LogP contribution < -0.4 is 0 Å². The Morgan fingerprint density at radius 3 is 2.27 bits per heavy atom. The first kappa shape index (κ1) is 11.1. The first-order valence-electron chi connectivity index (χ1n) is 4.08. The predicted octanol–water partition coefficient (Wildman–Crippen LogP) is 1.64. The molecular weight excluding hydrogens is 162 g/mol. The summed E-state index contributed by atoms with van der Waals surface area (Å²) in [6.07, 6.45) is 2.99. The van der Waals surface area contributed by atoms with E-state index in [-0.39, 0.29) is 0 Å². The molecule has 1 atom stereocenters. The molecule has 0 aliphatic heterocycles. The maximum atomic E-state index is 10.6. The molecule has 4 heteroatoms. The molecule has 0 aliphatic rings. The van der Waals surface area contributed by atoms with Gasteiger partial charge in [0.25, 0.3) is 0 Å². The molecule has 0 bridgehead atoms. The summed E-state index contributed by atoms with van der Waals surface area (Å²) in [5, 5.41) is 0. The van der Waals surface area contributed by atoms with Gasteiger partial charge in [-0.05, 0) is 12.8 Å². The van der Waals surface area contributed by atoms with Gasteiger partial charge in [0.15, 0.2) is 0 Å². The fourth-order valence-corrected chi connectivity index (χ4v) is 1.48. The number of hydrogen-bond acceptors (Lipinski definition) is 1. The summed E-state index contributed by atoms with van der Waals surface area (Å²) in [4.78, 5) is 0. The Morgan fingerprint density at radius 2 is 1.91 bits per heavy atom. The minimum atomic E-state index is -1.77. The van der Waals surface area contributed by atoms with Crippen molar-refractivity contribution < 1.29 is 8.76 Å². The molecule has 68 valence electrons. The van der Waals surface area contributed by atoms with E-state index in [1.807, 2.05) is 6.92 Å². The van der Waals surface area contributed by atoms with Crippen molar-refractivity contribution in [2.45, 2.75) is 33.1 Å². The lowest BCUT2D eigenvalue weighted by Gasteiger charge is -2.15. The smallest absolute Gasteiger partial charge is 0.234 e. The van der Waals surface area contributed by atoms with Gasteiger partial charge in [-0.3, -0.25) is 4.55 Å². The zero-order valence-corrected chi connectivity index (χ0v) is 8.06. The van der Waals surface area contributed by atoms with Crippen molar-refractivity contribution in [3.8, 4) is 0 Å². The third kappa shape index (κ3) is 5.35. The average molecular weight is 179 g/mol. The second-order valence-corrected chi connectivity index (χ2v) is 3.49. The number of unbranched alkanes of at least 4 members (excludes halogenated alkanes) is 1. The molecule has 3 nitrogen and oxygen atoms in total. The van der Waals surface area contributed by atoms with Gasteiger partial charge in [-0.15, -0.1) is 0 Å². The molecule has 0 aliphatic carbocycles. The van der Waals surface area contributed by atoms with Crippen LogP contribution in [0.4, 0.5) is 0 Å². The van der Waals surface area contributed by atoms with E-state index >= 15 is 0 Å². The zero-order chi connectivity index (χ0) is 8.69. The van der Waals surface area contributed by atoms with Crippen LogP contribution in [-0.4, -0.2) is 26.2 Å². The Morgan fingerprint density at radius 1 is 1.27 bits per heavy atom. The van der Waals surface area contributed by atoms with Crippen LogP contribution in [0.2, 0.25) is 0 Å². The van der Waals surface area contributed by atoms with Gasteiger partial charge in [0.1, 0.15) is 0 Å². The van der Waals surface area contributed by atoms with E-state index < -0.39 is 11.3 Å². The maximum Gasteiger partial charge on any atom is 0.234 e. The fraction of sp³-hybridized carbons (Fsp3) is 1.00. The zero-order valence-electron chi connectivity index (χ0n) is 7.25. The molecule has 0 radical (unpaired) electrons. The van der Waals surface area contributed by atoms with Gasteiger partial charge in [-0.2, -0.15) is 0 Å². The van der Waals surface area contributed by atoms with Crippen LogP contribution in [0.5, 0.6) is 0 Å². The summed E-state index contributed by atoms with van der Waals surface area (Å²) in [5.74, 6) is 0. The van der Waals surface area contributed by atoms with Crippen molar-refractivity contribution >= 4 is 11.3 Å². The lowest BCUT2D eigenvalue weighted by atomic mass is 10.3. The van der Waals surface area contributed by atoms with Crippen molar-refractivity contribution in [3.05, 3.63) is 0 Å². The minimum Gasteiger partial charge on any atom is -0.294 e. The molecule has 0 spiro atoms. The lowest BCUT2D eigenvalue weighted by molar-refractivity contribution is 0.389. The van der Waals surface area contributed by atoms with Crippen LogP contribution in [0.1, 0.15) is 33.1 Å². The molecule has 0 aromatic carbocycles. The van der Waals surface area contributed by atoms with Gasteiger partial charge in [-0.25, -0.2) is 8.51 Å². The highest BCUT2D eigenvalue weighted by Gasteiger charge is 2.07. The van der Waals surface area contributed by atoms with Gasteiger partial charge in [0, 0.05) is 13.1 Å². The molecule has 1 N–H and O–H groups in total. The van der Waals surface area contributed by atoms with Gasteiger partial charge >= 0.3 is 0 Å². The minimum absolute atomic E-state index is 0.711. The van der Waals surface area contributed by atoms with Gasteiger partial charge in [0.05, 0.1) is 0 Å². The van der Waals surface area contributed by atoms with E-state index in [9.17, 15) is 4.21 Å². The van der Waals surface area contributed by atoms with Crippen molar-refractivity contribution in [1.82, 2.24) is 4.31 Å². The third-order valence-electron chi connectivity index (χ3n) is 1.45. The predicted molar refractivity (Wildman–Crippen MR) is 47.5 cm³/mol. The summed E-state index contributed by atoms with van der Waals surface area (Å²) in [5.41, 5.74) is 0. The molecule has 1 unspecified atom stereocenters. The molecule has 0 rings (SSSR count). The molecule has 0 aromatic heterocycles. The van der Waals surface area contributed by atoms with Gasteiger partial charge in [0.2, 0.25) is 11.3 Å². The normalized spacial score (nSPS) is 13.8. The molecule has 0 saturated carbocycles. The molecule has 0 aromatic rings. The summed E-state index contributed by atoms with van der Waals surface area (Å²) >= 11 is -1.77. The Balaban J connectivity index is 3.60. The van der Waals surface area contributed by atoms with Crippen molar-refractivity contribution in [1.29, 1.82) is 0 Å². The molecule has 0 heterocycles. The van der Waals surface area contributed by atoms with Crippen LogP contribution in [0.3, 0.4) is 0 Å². The second-order valence-electron chi connectivity index (χ2n) is 2.51. The highest BCUT2D eigenvalue weighted by molar-refractivity contribution is 7.76. The highest BCUT2D eigenvalue weighted by atomic mass is 32.2. The Bertz CT molecular complexity index is 119. The number of nitrogens with zero attached hydrogens (tertiary/aromatic N) is 1. The summed E-state index contributed by atoms with van der Waals surface area (Å²) in [6, 6.07) is 0. The van der Waals surface area contributed by atoms with Crippen molar-refractivity contribution in [2.75, 3.05) is 13.1 Å². The standard InChI is InChI=1S/C7H17NO2S/c1-3-5-7-8(6-4-2)11(9)10/h3-7H2,1-2H3,(H,9,10). The average Bonchev–Trinajstić information content (AvgIpc) is 1.97. The van der Waals surface area contributed by atoms with Crippen LogP contribution in [0.25, 0.3) is 0 Å². The highest BCUT2D eigenvalue weighted by Crippen LogP contribution is 1.98. The maximum absolute atomic E-state index is 10.6. The van der Waals surface area contributed by atoms with E-state index in [0.717, 1.165) is 25.8 Å². The number of rotatable bonds is 6. The molecule has 0 fully saturated rings. The largest absolute Gasteiger partial charge is 0.294 e. The molecule has 0 saturated heterocycles. The molecule has 11 heavy (non-hydrogen) atoms. The number of hydrogen-bond donors (Lipinski definition) is 1. The van der Waals surface area contributed by atoms with Gasteiger partial charge in [-0.1, -0.05) is 20.3 Å². The van der Waals surface area contributed by atoms with E-state index in [1.165, 1.54) is 0 Å². The SMILES string of the molecule is CCCCN(CCC)S(=O)O. The van der Waals surface area contributed by atoms with Crippen molar-refractivity contribution in [3.63, 3.8) is 0 Å². The Kier molecular flexibility index (Phi) is 6.80. The van der Waals surface area contributed by atoms with E-state index in [2.05, 4.69) is 6.92 Å². The van der Waals surface area contributed by atoms with Crippen molar-refractivity contribution in [2.24, 2.45) is 0 Å². The first-order valence-corrected chi connectivity index (χ1v) is 5.14. The van der Waals surface area contributed by atoms with E-state index in [1.54, 1.807) is 4.31 Å². The van der Waals surface area contributed by atoms with Crippen LogP contribution >= 0.6 is 0 Å². The first-order chi connectivity index (χ1) is 5.22. The summed E-state index contributed by atoms with van der Waals surface area (Å²) < 4.78 is 21.0. The lowest BCUT2D eigenvalue weighted by Crippen LogP contribution is -2.27. The molecular formula is C7H17NO2S. The second kappa shape index (κ2) is 6.76. The summed E-state index contributed by atoms with van der Waals surface area (Å²) in [7, 11) is 0. The quantitative estimate of drug-likeness (QED) is 0.630. The third-order valence-corrected chi connectivity index (χ3v) is 2.26. The van der Waals surface area contributed by atoms with E-state index in [4.69, 9.17) is 4.55 Å². The molecule has 0 amide bonds. The fourth-order valence-electron chi connectivity index (χ4n) is 0.852. The Hall–Kier alpha value is 0.0700. The van der Waals surface area contributed by atoms with Crippen LogP contribution in [-0.2, 0) is 11.3 Å². The summed E-state index contributed by atoms with van der Waals surface area (Å²) in [6.45, 7) is 5.52. The topological polar surface area (TPSA) is 40.5 Å². The van der Waals surface area contributed by atoms with E-state index in [0.29, 0.717) is 6.54 Å². The monoisotopic (exact) mass is 179 g/mol.